The maximum atomic E-state index is 12.7. The lowest BCUT2D eigenvalue weighted by Gasteiger charge is -2.22. The van der Waals surface area contributed by atoms with Crippen LogP contribution < -0.4 is 16.4 Å². The SMILES string of the molecule is CC(C)[C@H](N)C(=O)N[C@@H](Cc1ccccc1)C(=O)NCCc1ccccc1. The smallest absolute Gasteiger partial charge is 0.242 e. The van der Waals surface area contributed by atoms with Crippen LogP contribution in [0.3, 0.4) is 0 Å². The fourth-order valence-electron chi connectivity index (χ4n) is 2.73. The Hall–Kier alpha value is -2.66. The Balaban J connectivity index is 1.99. The summed E-state index contributed by atoms with van der Waals surface area (Å²) < 4.78 is 0. The van der Waals surface area contributed by atoms with Gasteiger partial charge in [0.15, 0.2) is 0 Å². The van der Waals surface area contributed by atoms with Crippen molar-refractivity contribution in [2.45, 2.75) is 38.8 Å². The van der Waals surface area contributed by atoms with Gasteiger partial charge >= 0.3 is 0 Å². The zero-order valence-corrected chi connectivity index (χ0v) is 16.0. The molecule has 144 valence electrons. The van der Waals surface area contributed by atoms with E-state index < -0.39 is 12.1 Å². The lowest BCUT2D eigenvalue weighted by Crippen LogP contribution is -2.53. The van der Waals surface area contributed by atoms with E-state index in [1.54, 1.807) is 0 Å². The van der Waals surface area contributed by atoms with Gasteiger partial charge < -0.3 is 16.4 Å². The van der Waals surface area contributed by atoms with Crippen LogP contribution in [0.25, 0.3) is 0 Å². The molecule has 5 nitrogen and oxygen atoms in total. The average molecular weight is 367 g/mol. The lowest BCUT2D eigenvalue weighted by molar-refractivity contribution is -0.130. The van der Waals surface area contributed by atoms with Gasteiger partial charge in [-0.05, 0) is 23.5 Å². The van der Waals surface area contributed by atoms with Crippen LogP contribution in [0.15, 0.2) is 60.7 Å². The van der Waals surface area contributed by atoms with E-state index >= 15 is 0 Å². The molecule has 2 atom stereocenters. The van der Waals surface area contributed by atoms with Crippen LogP contribution in [0.1, 0.15) is 25.0 Å². The van der Waals surface area contributed by atoms with E-state index in [2.05, 4.69) is 10.6 Å². The summed E-state index contributed by atoms with van der Waals surface area (Å²) >= 11 is 0. The predicted molar refractivity (Wildman–Crippen MR) is 108 cm³/mol. The van der Waals surface area contributed by atoms with Crippen molar-refractivity contribution in [1.82, 2.24) is 10.6 Å². The Morgan fingerprint density at radius 1 is 0.889 bits per heavy atom. The van der Waals surface area contributed by atoms with Gasteiger partial charge in [-0.3, -0.25) is 9.59 Å². The fourth-order valence-corrected chi connectivity index (χ4v) is 2.73. The van der Waals surface area contributed by atoms with Gasteiger partial charge in [-0.25, -0.2) is 0 Å². The summed E-state index contributed by atoms with van der Waals surface area (Å²) in [5.74, 6) is -0.494. The Kier molecular flexibility index (Phi) is 8.01. The Morgan fingerprint density at radius 2 is 1.44 bits per heavy atom. The van der Waals surface area contributed by atoms with Gasteiger partial charge in [0, 0.05) is 13.0 Å². The molecule has 0 fully saturated rings. The highest BCUT2D eigenvalue weighted by molar-refractivity contribution is 5.90. The summed E-state index contributed by atoms with van der Waals surface area (Å²) in [5, 5.41) is 5.75. The van der Waals surface area contributed by atoms with Gasteiger partial charge in [-0.15, -0.1) is 0 Å². The molecule has 4 N–H and O–H groups in total. The number of hydrogen-bond donors (Lipinski definition) is 3. The van der Waals surface area contributed by atoms with Crippen molar-refractivity contribution in [2.24, 2.45) is 11.7 Å². The summed E-state index contributed by atoms with van der Waals surface area (Å²) in [7, 11) is 0. The van der Waals surface area contributed by atoms with Gasteiger partial charge in [-0.1, -0.05) is 74.5 Å². The highest BCUT2D eigenvalue weighted by atomic mass is 16.2. The van der Waals surface area contributed by atoms with E-state index in [1.165, 1.54) is 0 Å². The number of amides is 2. The minimum absolute atomic E-state index is 0.00326. The van der Waals surface area contributed by atoms with E-state index in [1.807, 2.05) is 74.5 Å². The fraction of sp³-hybridized carbons (Fsp3) is 0.364. The highest BCUT2D eigenvalue weighted by Gasteiger charge is 2.25. The maximum Gasteiger partial charge on any atom is 0.242 e. The number of hydrogen-bond acceptors (Lipinski definition) is 3. The molecule has 0 aromatic heterocycles. The topological polar surface area (TPSA) is 84.2 Å². The average Bonchev–Trinajstić information content (AvgIpc) is 2.68. The van der Waals surface area contributed by atoms with Crippen molar-refractivity contribution in [3.63, 3.8) is 0 Å². The van der Waals surface area contributed by atoms with Gasteiger partial charge in [-0.2, -0.15) is 0 Å². The van der Waals surface area contributed by atoms with E-state index in [9.17, 15) is 9.59 Å². The second kappa shape index (κ2) is 10.5. The van der Waals surface area contributed by atoms with Crippen molar-refractivity contribution in [1.29, 1.82) is 0 Å². The molecule has 2 rings (SSSR count). The standard InChI is InChI=1S/C22H29N3O2/c1-16(2)20(23)22(27)25-19(15-18-11-7-4-8-12-18)21(26)24-14-13-17-9-5-3-6-10-17/h3-12,16,19-20H,13-15,23H2,1-2H3,(H,24,26)(H,25,27)/t19-,20-/m0/s1. The van der Waals surface area contributed by atoms with Crippen LogP contribution in [-0.4, -0.2) is 30.4 Å². The number of carbonyl (C=O) groups excluding carboxylic acids is 2. The van der Waals surface area contributed by atoms with Crippen molar-refractivity contribution < 1.29 is 9.59 Å². The molecule has 0 spiro atoms. The molecule has 27 heavy (non-hydrogen) atoms. The quantitative estimate of drug-likeness (QED) is 0.634. The van der Waals surface area contributed by atoms with Crippen LogP contribution >= 0.6 is 0 Å². The molecule has 0 saturated heterocycles. The number of nitrogens with two attached hydrogens (primary N) is 1. The number of nitrogens with one attached hydrogen (secondary N) is 2. The monoisotopic (exact) mass is 367 g/mol. The summed E-state index contributed by atoms with van der Waals surface area (Å²) in [4.78, 5) is 25.1. The number of benzene rings is 2. The molecular formula is C22H29N3O2. The molecule has 0 heterocycles. The van der Waals surface area contributed by atoms with Crippen molar-refractivity contribution in [3.05, 3.63) is 71.8 Å². The van der Waals surface area contributed by atoms with Crippen LogP contribution in [0.5, 0.6) is 0 Å². The first-order valence-electron chi connectivity index (χ1n) is 9.39. The number of carbonyl (C=O) groups is 2. The highest BCUT2D eigenvalue weighted by Crippen LogP contribution is 2.06. The van der Waals surface area contributed by atoms with Crippen LogP contribution in [0.4, 0.5) is 0 Å². The number of rotatable bonds is 9. The van der Waals surface area contributed by atoms with Gasteiger partial charge in [0.05, 0.1) is 6.04 Å². The molecule has 0 bridgehead atoms. The Morgan fingerprint density at radius 3 is 2.00 bits per heavy atom. The molecule has 2 amide bonds. The largest absolute Gasteiger partial charge is 0.354 e. The molecular weight excluding hydrogens is 338 g/mol. The molecule has 0 aliphatic rings. The molecule has 5 heteroatoms. The Labute approximate surface area is 161 Å². The van der Waals surface area contributed by atoms with Crippen LogP contribution in [-0.2, 0) is 22.4 Å². The first kappa shape index (κ1) is 20.6. The van der Waals surface area contributed by atoms with E-state index in [4.69, 9.17) is 5.73 Å². The van der Waals surface area contributed by atoms with Crippen molar-refractivity contribution >= 4 is 11.8 Å². The molecule has 0 aliphatic heterocycles. The summed E-state index contributed by atoms with van der Waals surface area (Å²) in [6, 6.07) is 18.3. The maximum absolute atomic E-state index is 12.7. The third-order valence-electron chi connectivity index (χ3n) is 4.49. The summed E-state index contributed by atoms with van der Waals surface area (Å²) in [6.07, 6.45) is 1.17. The molecule has 2 aromatic carbocycles. The van der Waals surface area contributed by atoms with Gasteiger partial charge in [0.1, 0.15) is 6.04 Å². The molecule has 0 saturated carbocycles. The second-order valence-corrected chi connectivity index (χ2v) is 7.05. The first-order valence-corrected chi connectivity index (χ1v) is 9.39. The minimum atomic E-state index is -0.652. The normalized spacial score (nSPS) is 13.0. The minimum Gasteiger partial charge on any atom is -0.354 e. The predicted octanol–water partition coefficient (Wildman–Crippen LogP) is 2.06. The second-order valence-electron chi connectivity index (χ2n) is 7.05. The third kappa shape index (κ3) is 6.87. The molecule has 0 aliphatic carbocycles. The molecule has 0 unspecified atom stereocenters. The van der Waals surface area contributed by atoms with E-state index in [0.29, 0.717) is 13.0 Å². The lowest BCUT2D eigenvalue weighted by atomic mass is 10.0. The summed E-state index contributed by atoms with van der Waals surface area (Å²) in [5.41, 5.74) is 8.08. The molecule has 0 radical (unpaired) electrons. The first-order chi connectivity index (χ1) is 13.0. The Bertz CT molecular complexity index is 717. The van der Waals surface area contributed by atoms with Crippen LogP contribution in [0, 0.1) is 5.92 Å². The molecule has 2 aromatic rings. The zero-order valence-electron chi connectivity index (χ0n) is 16.0. The van der Waals surface area contributed by atoms with Gasteiger partial charge in [0.2, 0.25) is 11.8 Å². The van der Waals surface area contributed by atoms with E-state index in [-0.39, 0.29) is 17.7 Å². The third-order valence-corrected chi connectivity index (χ3v) is 4.49. The van der Waals surface area contributed by atoms with Crippen molar-refractivity contribution in [2.75, 3.05) is 6.54 Å². The zero-order chi connectivity index (χ0) is 19.6. The summed E-state index contributed by atoms with van der Waals surface area (Å²) in [6.45, 7) is 4.28. The van der Waals surface area contributed by atoms with Crippen LogP contribution in [0.2, 0.25) is 0 Å². The van der Waals surface area contributed by atoms with E-state index in [0.717, 1.165) is 17.5 Å². The van der Waals surface area contributed by atoms with Crippen molar-refractivity contribution in [3.8, 4) is 0 Å². The van der Waals surface area contributed by atoms with Gasteiger partial charge in [0.25, 0.3) is 0 Å².